The fourth-order valence-corrected chi connectivity index (χ4v) is 5.13. The maximum absolute atomic E-state index is 5.60. The zero-order valence-electron chi connectivity index (χ0n) is 21.3. The molecular formula is C28H38N6O2. The van der Waals surface area contributed by atoms with Crippen LogP contribution in [0.4, 0.5) is 5.95 Å². The van der Waals surface area contributed by atoms with Crippen molar-refractivity contribution in [2.24, 2.45) is 13.0 Å². The molecule has 0 radical (unpaired) electrons. The average molecular weight is 491 g/mol. The van der Waals surface area contributed by atoms with E-state index in [0.717, 1.165) is 82.8 Å². The molecule has 2 aliphatic heterocycles. The van der Waals surface area contributed by atoms with Crippen molar-refractivity contribution in [3.05, 3.63) is 60.6 Å². The highest BCUT2D eigenvalue weighted by molar-refractivity contribution is 5.83. The largest absolute Gasteiger partial charge is 0.350 e. The van der Waals surface area contributed by atoms with Gasteiger partial charge in [0.05, 0.1) is 5.70 Å². The Morgan fingerprint density at radius 1 is 1.14 bits per heavy atom. The van der Waals surface area contributed by atoms with Crippen molar-refractivity contribution in [3.8, 4) is 0 Å². The highest BCUT2D eigenvalue weighted by Crippen LogP contribution is 2.22. The molecule has 2 saturated heterocycles. The maximum atomic E-state index is 5.60. The quantitative estimate of drug-likeness (QED) is 0.328. The van der Waals surface area contributed by atoms with Gasteiger partial charge in [-0.3, -0.25) is 5.48 Å². The van der Waals surface area contributed by atoms with Gasteiger partial charge >= 0.3 is 0 Å². The van der Waals surface area contributed by atoms with E-state index in [0.29, 0.717) is 11.6 Å². The molecule has 0 amide bonds. The molecule has 2 aliphatic rings. The summed E-state index contributed by atoms with van der Waals surface area (Å²) in [4.78, 5) is 17.1. The predicted molar refractivity (Wildman–Crippen MR) is 143 cm³/mol. The molecule has 192 valence electrons. The number of rotatable bonds is 10. The molecule has 0 saturated carbocycles. The number of benzene rings is 1. The van der Waals surface area contributed by atoms with Gasteiger partial charge < -0.3 is 19.5 Å². The zero-order chi connectivity index (χ0) is 24.7. The second kappa shape index (κ2) is 11.9. The van der Waals surface area contributed by atoms with Crippen molar-refractivity contribution in [2.75, 3.05) is 37.7 Å². The van der Waals surface area contributed by atoms with Crippen LogP contribution in [-0.2, 0) is 23.0 Å². The lowest BCUT2D eigenvalue weighted by Gasteiger charge is -2.32. The second-order valence-corrected chi connectivity index (χ2v) is 9.93. The average Bonchev–Trinajstić information content (AvgIpc) is 3.26. The van der Waals surface area contributed by atoms with Gasteiger partial charge in [-0.2, -0.15) is 0 Å². The smallest absolute Gasteiger partial charge is 0.225 e. The van der Waals surface area contributed by atoms with E-state index in [1.54, 1.807) is 0 Å². The van der Waals surface area contributed by atoms with E-state index in [-0.39, 0.29) is 6.29 Å². The van der Waals surface area contributed by atoms with Crippen molar-refractivity contribution < 1.29 is 9.57 Å². The van der Waals surface area contributed by atoms with Crippen LogP contribution >= 0.6 is 0 Å². The number of nitrogens with one attached hydrogen (secondary N) is 2. The summed E-state index contributed by atoms with van der Waals surface area (Å²) in [6, 6.07) is 8.64. The molecule has 4 heterocycles. The van der Waals surface area contributed by atoms with Crippen LogP contribution in [0.15, 0.2) is 49.4 Å². The van der Waals surface area contributed by atoms with Gasteiger partial charge in [0.25, 0.3) is 0 Å². The van der Waals surface area contributed by atoms with Gasteiger partial charge in [0.15, 0.2) is 6.29 Å². The number of piperidine rings is 1. The Balaban J connectivity index is 1.02. The molecule has 2 N–H and O–H groups in total. The number of para-hydroxylation sites is 1. The molecule has 0 spiro atoms. The molecule has 2 aromatic heterocycles. The van der Waals surface area contributed by atoms with E-state index in [4.69, 9.17) is 9.57 Å². The van der Waals surface area contributed by atoms with E-state index >= 15 is 0 Å². The topological polar surface area (TPSA) is 76.5 Å². The summed E-state index contributed by atoms with van der Waals surface area (Å²) in [6.45, 7) is 8.82. The molecule has 8 heteroatoms. The number of aryl methyl sites for hydroxylation is 1. The van der Waals surface area contributed by atoms with Crippen LogP contribution in [0.2, 0.25) is 0 Å². The number of nitrogens with zero attached hydrogens (tertiary/aromatic N) is 4. The lowest BCUT2D eigenvalue weighted by molar-refractivity contribution is -0.184. The summed E-state index contributed by atoms with van der Waals surface area (Å²) in [5, 5.41) is 5.06. The third-order valence-electron chi connectivity index (χ3n) is 7.32. The number of aromatic nitrogens is 3. The highest BCUT2D eigenvalue weighted by Gasteiger charge is 2.21. The first kappa shape index (κ1) is 24.7. The first-order valence-electron chi connectivity index (χ1n) is 13.2. The minimum Gasteiger partial charge on any atom is -0.350 e. The Hall–Kier alpha value is -2.94. The summed E-state index contributed by atoms with van der Waals surface area (Å²) in [5.41, 5.74) is 7.08. The van der Waals surface area contributed by atoms with Crippen molar-refractivity contribution >= 4 is 22.5 Å². The van der Waals surface area contributed by atoms with Crippen molar-refractivity contribution in [1.29, 1.82) is 0 Å². The minimum absolute atomic E-state index is 0.218. The van der Waals surface area contributed by atoms with E-state index in [2.05, 4.69) is 74.3 Å². The molecule has 8 nitrogen and oxygen atoms in total. The van der Waals surface area contributed by atoms with Gasteiger partial charge in [-0.05, 0) is 62.7 Å². The second-order valence-electron chi connectivity index (χ2n) is 9.93. The van der Waals surface area contributed by atoms with Crippen LogP contribution in [0.5, 0.6) is 0 Å². The van der Waals surface area contributed by atoms with Crippen LogP contribution < -0.4 is 15.7 Å². The Morgan fingerprint density at radius 3 is 2.72 bits per heavy atom. The van der Waals surface area contributed by atoms with E-state index in [1.807, 2.05) is 12.4 Å². The fourth-order valence-electron chi connectivity index (χ4n) is 5.13. The number of ether oxygens (including phenoxy) is 1. The first-order chi connectivity index (χ1) is 17.7. The summed E-state index contributed by atoms with van der Waals surface area (Å²) in [5.74, 6) is 1.47. The molecule has 1 unspecified atom stereocenters. The fraction of sp³-hybridized carbons (Fsp3) is 0.500. The Labute approximate surface area is 213 Å². The van der Waals surface area contributed by atoms with Crippen molar-refractivity contribution in [3.63, 3.8) is 0 Å². The van der Waals surface area contributed by atoms with Crippen LogP contribution in [0.25, 0.3) is 16.6 Å². The van der Waals surface area contributed by atoms with E-state index < -0.39 is 0 Å². The molecule has 5 rings (SSSR count). The van der Waals surface area contributed by atoms with Gasteiger partial charge in [0, 0.05) is 68.2 Å². The zero-order valence-corrected chi connectivity index (χ0v) is 21.3. The Kier molecular flexibility index (Phi) is 8.15. The van der Waals surface area contributed by atoms with Crippen LogP contribution in [0.1, 0.15) is 43.2 Å². The van der Waals surface area contributed by atoms with Crippen molar-refractivity contribution in [2.45, 2.75) is 44.8 Å². The Morgan fingerprint density at radius 2 is 1.94 bits per heavy atom. The summed E-state index contributed by atoms with van der Waals surface area (Å²) < 4.78 is 7.79. The maximum Gasteiger partial charge on any atom is 0.225 e. The minimum atomic E-state index is -0.218. The highest BCUT2D eigenvalue weighted by atomic mass is 16.8. The monoisotopic (exact) mass is 490 g/mol. The molecule has 36 heavy (non-hydrogen) atoms. The third kappa shape index (κ3) is 6.06. The summed E-state index contributed by atoms with van der Waals surface area (Å²) >= 11 is 0. The number of fused-ring (bicyclic) bond motifs is 1. The van der Waals surface area contributed by atoms with E-state index in [9.17, 15) is 0 Å². The van der Waals surface area contributed by atoms with Crippen molar-refractivity contribution in [1.82, 2.24) is 25.3 Å². The van der Waals surface area contributed by atoms with Gasteiger partial charge in [-0.15, -0.1) is 0 Å². The number of hydroxylamine groups is 1. The molecule has 1 aromatic carbocycles. The van der Waals surface area contributed by atoms with Crippen LogP contribution in [0, 0.1) is 5.92 Å². The first-order valence-corrected chi connectivity index (χ1v) is 13.2. The normalized spacial score (nSPS) is 19.0. The number of anilines is 1. The van der Waals surface area contributed by atoms with Crippen LogP contribution in [0.3, 0.4) is 0 Å². The lowest BCUT2D eigenvalue weighted by Crippen LogP contribution is -2.38. The Bertz CT molecular complexity index is 1130. The SMILES string of the molecule is C=C(NOC1CCCCO1)c1cnc(N2CCC(CNCCc3cn(C)c4ccccc34)CC2)nc1. The van der Waals surface area contributed by atoms with Gasteiger partial charge in [0.1, 0.15) is 0 Å². The molecular weight excluding hydrogens is 452 g/mol. The van der Waals surface area contributed by atoms with Gasteiger partial charge in [-0.25, -0.2) is 14.8 Å². The summed E-state index contributed by atoms with van der Waals surface area (Å²) in [7, 11) is 2.12. The van der Waals surface area contributed by atoms with E-state index in [1.165, 1.54) is 16.5 Å². The molecule has 2 fully saturated rings. The van der Waals surface area contributed by atoms with Gasteiger partial charge in [-0.1, -0.05) is 24.8 Å². The summed E-state index contributed by atoms with van der Waals surface area (Å²) in [6.07, 6.45) is 12.1. The number of hydrogen-bond donors (Lipinski definition) is 2. The van der Waals surface area contributed by atoms with Gasteiger partial charge in [0.2, 0.25) is 5.95 Å². The lowest BCUT2D eigenvalue weighted by atomic mass is 9.97. The number of hydrogen-bond acceptors (Lipinski definition) is 7. The third-order valence-corrected chi connectivity index (χ3v) is 7.32. The standard InChI is InChI=1S/C28H38N6O2/c1-21(32-36-27-9-5-6-16-35-27)24-18-30-28(31-19-24)34-14-11-22(12-15-34)17-29-13-10-23-20-33(2)26-8-4-3-7-25(23)26/h3-4,7-8,18-20,22,27,29,32H,1,5-6,9-17H2,2H3. The molecule has 0 aliphatic carbocycles. The molecule has 0 bridgehead atoms. The predicted octanol–water partition coefficient (Wildman–Crippen LogP) is 4.04. The molecule has 3 aromatic rings. The molecule has 1 atom stereocenters. The van der Waals surface area contributed by atoms with Crippen LogP contribution in [-0.4, -0.2) is 53.6 Å².